The molecule has 0 amide bonds. The highest BCUT2D eigenvalue weighted by molar-refractivity contribution is 7.18. The maximum Gasteiger partial charge on any atom is 0.282 e. The average Bonchev–Trinajstić information content (AvgIpc) is 2.73. The van der Waals surface area contributed by atoms with Gasteiger partial charge in [0.25, 0.3) is 5.56 Å². The van der Waals surface area contributed by atoms with Gasteiger partial charge in [-0.05, 0) is 31.5 Å². The summed E-state index contributed by atoms with van der Waals surface area (Å²) in [5.74, 6) is 6.13. The highest BCUT2D eigenvalue weighted by atomic mass is 35.5. The summed E-state index contributed by atoms with van der Waals surface area (Å²) in [6.07, 6.45) is 0. The molecule has 0 aliphatic carbocycles. The average molecular weight is 321 g/mol. The number of fused-ring (bicyclic) bond motifs is 1. The summed E-state index contributed by atoms with van der Waals surface area (Å²) in [6.45, 7) is 3.86. The Morgan fingerprint density at radius 3 is 2.76 bits per heavy atom. The Hall–Kier alpha value is -2.05. The van der Waals surface area contributed by atoms with E-state index in [1.807, 2.05) is 26.0 Å². The van der Waals surface area contributed by atoms with Crippen LogP contribution in [0.3, 0.4) is 0 Å². The van der Waals surface area contributed by atoms with Gasteiger partial charge in [0.15, 0.2) is 0 Å². The van der Waals surface area contributed by atoms with Crippen LogP contribution in [0.4, 0.5) is 11.6 Å². The Morgan fingerprint density at radius 1 is 1.33 bits per heavy atom. The van der Waals surface area contributed by atoms with Crippen molar-refractivity contribution >= 4 is 44.8 Å². The Labute approximate surface area is 130 Å². The van der Waals surface area contributed by atoms with Crippen LogP contribution in [0.15, 0.2) is 29.1 Å². The van der Waals surface area contributed by atoms with Crippen molar-refractivity contribution in [3.8, 4) is 0 Å². The minimum absolute atomic E-state index is 0.266. The number of halogens is 1. The molecule has 0 spiro atoms. The molecule has 1 aromatic carbocycles. The monoisotopic (exact) mass is 320 g/mol. The van der Waals surface area contributed by atoms with Crippen LogP contribution in [-0.4, -0.2) is 9.66 Å². The van der Waals surface area contributed by atoms with Crippen molar-refractivity contribution in [3.05, 3.63) is 50.1 Å². The van der Waals surface area contributed by atoms with Crippen molar-refractivity contribution in [2.75, 3.05) is 11.2 Å². The van der Waals surface area contributed by atoms with Crippen LogP contribution in [0.2, 0.25) is 5.02 Å². The van der Waals surface area contributed by atoms with E-state index in [4.69, 9.17) is 17.4 Å². The first-order chi connectivity index (χ1) is 9.99. The molecule has 0 aliphatic heterocycles. The molecule has 0 aliphatic rings. The molecule has 5 nitrogen and oxygen atoms in total. The van der Waals surface area contributed by atoms with Gasteiger partial charge in [-0.15, -0.1) is 11.3 Å². The van der Waals surface area contributed by atoms with E-state index in [-0.39, 0.29) is 11.5 Å². The highest BCUT2D eigenvalue weighted by Crippen LogP contribution is 2.28. The van der Waals surface area contributed by atoms with Gasteiger partial charge in [0.1, 0.15) is 4.83 Å². The van der Waals surface area contributed by atoms with Gasteiger partial charge in [-0.3, -0.25) is 4.79 Å². The van der Waals surface area contributed by atoms with E-state index < -0.39 is 0 Å². The lowest BCUT2D eigenvalue weighted by molar-refractivity contribution is 0.928. The number of aryl methyl sites for hydroxylation is 2. The van der Waals surface area contributed by atoms with Gasteiger partial charge in [-0.1, -0.05) is 23.7 Å². The summed E-state index contributed by atoms with van der Waals surface area (Å²) in [7, 11) is 0. The number of benzene rings is 1. The van der Waals surface area contributed by atoms with Crippen LogP contribution in [0.1, 0.15) is 10.4 Å². The first kappa shape index (κ1) is 13.9. The lowest BCUT2D eigenvalue weighted by atomic mass is 10.2. The summed E-state index contributed by atoms with van der Waals surface area (Å²) < 4.78 is 1.02. The fraction of sp³-hybridized carbons (Fsp3) is 0.143. The van der Waals surface area contributed by atoms with Gasteiger partial charge in [-0.2, -0.15) is 4.68 Å². The number of nitrogens with two attached hydrogens (primary N) is 1. The fourth-order valence-electron chi connectivity index (χ4n) is 2.08. The Morgan fingerprint density at radius 2 is 2.05 bits per heavy atom. The van der Waals surface area contributed by atoms with Crippen molar-refractivity contribution < 1.29 is 0 Å². The summed E-state index contributed by atoms with van der Waals surface area (Å²) in [5, 5.41) is 4.11. The zero-order valence-electron chi connectivity index (χ0n) is 11.5. The Bertz CT molecular complexity index is 900. The van der Waals surface area contributed by atoms with Crippen molar-refractivity contribution in [2.24, 2.45) is 0 Å². The molecule has 3 aromatic rings. The van der Waals surface area contributed by atoms with E-state index in [9.17, 15) is 4.79 Å². The number of thiophene rings is 1. The third-order valence-electron chi connectivity index (χ3n) is 3.36. The minimum atomic E-state index is -0.267. The van der Waals surface area contributed by atoms with Crippen LogP contribution >= 0.6 is 22.9 Å². The molecular weight excluding hydrogens is 308 g/mol. The van der Waals surface area contributed by atoms with Gasteiger partial charge in [0.2, 0.25) is 5.95 Å². The zero-order valence-corrected chi connectivity index (χ0v) is 13.0. The van der Waals surface area contributed by atoms with Gasteiger partial charge >= 0.3 is 0 Å². The van der Waals surface area contributed by atoms with E-state index >= 15 is 0 Å². The van der Waals surface area contributed by atoms with Crippen molar-refractivity contribution in [1.82, 2.24) is 9.66 Å². The molecule has 0 saturated carbocycles. The van der Waals surface area contributed by atoms with Gasteiger partial charge in [0.05, 0.1) is 16.1 Å². The summed E-state index contributed by atoms with van der Waals surface area (Å²) in [4.78, 5) is 18.6. The smallest absolute Gasteiger partial charge is 0.282 e. The number of nitrogens with one attached hydrogen (secondary N) is 1. The third kappa shape index (κ3) is 2.26. The molecule has 21 heavy (non-hydrogen) atoms. The lowest BCUT2D eigenvalue weighted by Gasteiger charge is -2.10. The quantitative estimate of drug-likeness (QED) is 0.711. The van der Waals surface area contributed by atoms with E-state index in [1.165, 1.54) is 11.3 Å². The predicted octanol–water partition coefficient (Wildman–Crippen LogP) is 3.19. The second kappa shape index (κ2) is 5.05. The number of nitrogen functional groups attached to an aromatic ring is 1. The van der Waals surface area contributed by atoms with Crippen molar-refractivity contribution in [3.63, 3.8) is 0 Å². The number of anilines is 2. The number of aromatic nitrogens is 2. The molecule has 0 fully saturated rings. The minimum Gasteiger partial charge on any atom is -0.333 e. The maximum atomic E-state index is 12.4. The summed E-state index contributed by atoms with van der Waals surface area (Å²) in [6, 6.07) is 7.21. The second-order valence-corrected chi connectivity index (χ2v) is 6.29. The largest absolute Gasteiger partial charge is 0.333 e. The molecule has 2 aromatic heterocycles. The van der Waals surface area contributed by atoms with Crippen LogP contribution in [-0.2, 0) is 0 Å². The van der Waals surface area contributed by atoms with E-state index in [1.54, 1.807) is 12.1 Å². The first-order valence-corrected chi connectivity index (χ1v) is 7.48. The molecule has 2 heterocycles. The van der Waals surface area contributed by atoms with E-state index in [0.717, 1.165) is 15.1 Å². The number of para-hydroxylation sites is 1. The van der Waals surface area contributed by atoms with Crippen LogP contribution in [0.25, 0.3) is 10.2 Å². The predicted molar refractivity (Wildman–Crippen MR) is 88.2 cm³/mol. The van der Waals surface area contributed by atoms with Gasteiger partial charge < -0.3 is 11.2 Å². The molecule has 0 saturated heterocycles. The molecule has 0 radical (unpaired) electrons. The Balaban J connectivity index is 2.18. The molecule has 3 N–H and O–H groups in total. The first-order valence-electron chi connectivity index (χ1n) is 6.28. The van der Waals surface area contributed by atoms with Gasteiger partial charge in [0, 0.05) is 4.88 Å². The summed E-state index contributed by atoms with van der Waals surface area (Å²) >= 11 is 7.58. The molecule has 0 bridgehead atoms. The third-order valence-corrected chi connectivity index (χ3v) is 4.79. The molecule has 0 unspecified atom stereocenters. The van der Waals surface area contributed by atoms with Crippen molar-refractivity contribution in [2.45, 2.75) is 13.8 Å². The van der Waals surface area contributed by atoms with Crippen molar-refractivity contribution in [1.29, 1.82) is 0 Å². The number of hydrogen-bond acceptors (Lipinski definition) is 5. The highest BCUT2D eigenvalue weighted by Gasteiger charge is 2.15. The van der Waals surface area contributed by atoms with E-state index in [0.29, 0.717) is 20.9 Å². The number of rotatable bonds is 2. The van der Waals surface area contributed by atoms with Gasteiger partial charge in [-0.25, -0.2) is 4.98 Å². The molecule has 7 heteroatoms. The number of nitrogens with zero attached hydrogens (tertiary/aromatic N) is 2. The lowest BCUT2D eigenvalue weighted by Crippen LogP contribution is -2.30. The summed E-state index contributed by atoms with van der Waals surface area (Å²) in [5.41, 5.74) is 1.31. The van der Waals surface area contributed by atoms with Crippen LogP contribution in [0.5, 0.6) is 0 Å². The zero-order chi connectivity index (χ0) is 15.1. The second-order valence-electron chi connectivity index (χ2n) is 4.68. The maximum absolute atomic E-state index is 12.4. The Kier molecular flexibility index (Phi) is 3.35. The standard InChI is InChI=1S/C14H13ClN4OS/c1-7-8(2)21-12-11(7)13(20)19(16)14(18-12)17-10-6-4-3-5-9(10)15/h3-6H,16H2,1-2H3,(H,17,18). The normalized spacial score (nSPS) is 11.0. The fourth-order valence-corrected chi connectivity index (χ4v) is 3.28. The van der Waals surface area contributed by atoms with Crippen LogP contribution in [0, 0.1) is 13.8 Å². The molecular formula is C14H13ClN4OS. The molecule has 108 valence electrons. The van der Waals surface area contributed by atoms with Crippen LogP contribution < -0.4 is 16.7 Å². The molecule has 0 atom stereocenters. The molecule has 3 rings (SSSR count). The van der Waals surface area contributed by atoms with E-state index in [2.05, 4.69) is 10.3 Å². The topological polar surface area (TPSA) is 72.9 Å². The SMILES string of the molecule is Cc1sc2nc(Nc3ccccc3Cl)n(N)c(=O)c2c1C. The number of hydrogen-bond donors (Lipinski definition) is 2.